The van der Waals surface area contributed by atoms with Crippen molar-refractivity contribution in [1.82, 2.24) is 5.32 Å². The van der Waals surface area contributed by atoms with Crippen molar-refractivity contribution >= 4 is 24.5 Å². The Labute approximate surface area is 175 Å². The maximum Gasteiger partial charge on any atom is 0.327 e. The molecule has 0 aliphatic carbocycles. The summed E-state index contributed by atoms with van der Waals surface area (Å²) in [5, 5.41) is 11.3. The van der Waals surface area contributed by atoms with Crippen molar-refractivity contribution in [2.24, 2.45) is 0 Å². The van der Waals surface area contributed by atoms with Gasteiger partial charge in [-0.1, -0.05) is 67.7 Å². The van der Waals surface area contributed by atoms with Crippen LogP contribution in [0.3, 0.4) is 0 Å². The minimum atomic E-state index is -1.05. The lowest BCUT2D eigenvalue weighted by Crippen LogP contribution is -2.41. The fourth-order valence-corrected chi connectivity index (χ4v) is 2.45. The molecule has 1 atom stereocenters. The molecule has 28 heavy (non-hydrogen) atoms. The first-order valence-corrected chi connectivity index (χ1v) is 10.6. The highest BCUT2D eigenvalue weighted by Crippen LogP contribution is 2.00. The molecular weight excluding hydrogens is 370 g/mol. The van der Waals surface area contributed by atoms with Gasteiger partial charge in [-0.05, 0) is 44.9 Å². The number of aliphatic carboxylic acids is 1. The summed E-state index contributed by atoms with van der Waals surface area (Å²) in [5.41, 5.74) is 0. The summed E-state index contributed by atoms with van der Waals surface area (Å²) in [5.74, 6) is -1.20. The van der Waals surface area contributed by atoms with Gasteiger partial charge < -0.3 is 10.4 Å². The lowest BCUT2D eigenvalue weighted by molar-refractivity contribution is -0.141. The first kappa shape index (κ1) is 26.0. The topological polar surface area (TPSA) is 66.4 Å². The Kier molecular flexibility index (Phi) is 18.3. The average molecular weight is 406 g/mol. The minimum Gasteiger partial charge on any atom is -0.480 e. The molecule has 0 aromatic heterocycles. The van der Waals surface area contributed by atoms with E-state index in [0.29, 0.717) is 12.8 Å². The molecule has 156 valence electrons. The third-order valence-electron chi connectivity index (χ3n) is 3.75. The predicted octanol–water partition coefficient (Wildman–Crippen LogP) is 5.41. The van der Waals surface area contributed by atoms with Crippen LogP contribution in [-0.2, 0) is 9.59 Å². The van der Waals surface area contributed by atoms with E-state index in [-0.39, 0.29) is 11.7 Å². The number of carboxylic acid groups (broad SMARTS) is 1. The number of rotatable bonds is 16. The van der Waals surface area contributed by atoms with Crippen molar-refractivity contribution in [3.63, 3.8) is 0 Å². The van der Waals surface area contributed by atoms with Crippen molar-refractivity contribution in [2.45, 2.75) is 64.3 Å². The van der Waals surface area contributed by atoms with Gasteiger partial charge in [-0.25, -0.2) is 4.79 Å². The lowest BCUT2D eigenvalue weighted by Gasteiger charge is -2.11. The van der Waals surface area contributed by atoms with Crippen molar-refractivity contribution in [2.75, 3.05) is 5.75 Å². The zero-order chi connectivity index (χ0) is 20.9. The van der Waals surface area contributed by atoms with Gasteiger partial charge in [-0.15, -0.1) is 0 Å². The van der Waals surface area contributed by atoms with Crippen LogP contribution in [0.2, 0.25) is 0 Å². The van der Waals surface area contributed by atoms with Gasteiger partial charge in [-0.3, -0.25) is 4.79 Å². The van der Waals surface area contributed by atoms with Gasteiger partial charge in [0.05, 0.1) is 0 Å². The van der Waals surface area contributed by atoms with Crippen LogP contribution in [-0.4, -0.2) is 28.8 Å². The van der Waals surface area contributed by atoms with Crippen LogP contribution in [0.15, 0.2) is 60.8 Å². The molecule has 0 radical (unpaired) electrons. The molecule has 1 amide bonds. The molecule has 0 heterocycles. The molecule has 0 fully saturated rings. The molecule has 0 saturated carbocycles. The Balaban J connectivity index is 3.66. The fourth-order valence-electron chi connectivity index (χ4n) is 2.20. The third-order valence-corrected chi connectivity index (χ3v) is 4.11. The number of hydrogen-bond donors (Lipinski definition) is 3. The van der Waals surface area contributed by atoms with Crippen LogP contribution in [0.25, 0.3) is 0 Å². The highest BCUT2D eigenvalue weighted by molar-refractivity contribution is 7.80. The maximum atomic E-state index is 11.6. The van der Waals surface area contributed by atoms with E-state index in [0.717, 1.165) is 38.5 Å². The summed E-state index contributed by atoms with van der Waals surface area (Å²) in [6, 6.07) is -0.912. The Bertz CT molecular complexity index is 562. The number of hydrogen-bond acceptors (Lipinski definition) is 3. The first-order chi connectivity index (χ1) is 13.6. The zero-order valence-electron chi connectivity index (χ0n) is 16.9. The summed E-state index contributed by atoms with van der Waals surface area (Å²) in [6.45, 7) is 2.14. The van der Waals surface area contributed by atoms with Gasteiger partial charge in [-0.2, -0.15) is 12.6 Å². The summed E-state index contributed by atoms with van der Waals surface area (Å²) >= 11 is 3.91. The molecule has 0 aliphatic heterocycles. The average Bonchev–Trinajstić information content (AvgIpc) is 2.68. The molecular formula is C23H35NO3S. The molecule has 0 rings (SSSR count). The molecule has 5 heteroatoms. The Morgan fingerprint density at radius 3 is 1.75 bits per heavy atom. The van der Waals surface area contributed by atoms with Crippen molar-refractivity contribution < 1.29 is 14.7 Å². The van der Waals surface area contributed by atoms with Crippen LogP contribution >= 0.6 is 12.6 Å². The molecule has 0 unspecified atom stereocenters. The van der Waals surface area contributed by atoms with Gasteiger partial charge >= 0.3 is 5.97 Å². The van der Waals surface area contributed by atoms with Crippen LogP contribution in [0.4, 0.5) is 0 Å². The number of carbonyl (C=O) groups excluding carboxylic acids is 1. The van der Waals surface area contributed by atoms with E-state index in [1.54, 1.807) is 0 Å². The quantitative estimate of drug-likeness (QED) is 0.183. The predicted molar refractivity (Wildman–Crippen MR) is 122 cm³/mol. The second-order valence-electron chi connectivity index (χ2n) is 6.24. The van der Waals surface area contributed by atoms with Crippen molar-refractivity contribution in [3.05, 3.63) is 60.8 Å². The minimum absolute atomic E-state index is 0.0931. The summed E-state index contributed by atoms with van der Waals surface area (Å²) in [4.78, 5) is 22.4. The molecule has 0 aliphatic rings. The van der Waals surface area contributed by atoms with E-state index in [1.807, 2.05) is 0 Å². The van der Waals surface area contributed by atoms with E-state index >= 15 is 0 Å². The molecule has 4 nitrogen and oxygen atoms in total. The number of amides is 1. The molecule has 0 aromatic rings. The largest absolute Gasteiger partial charge is 0.480 e. The van der Waals surface area contributed by atoms with Gasteiger partial charge in [0.2, 0.25) is 5.91 Å². The summed E-state index contributed by atoms with van der Waals surface area (Å²) < 4.78 is 0. The SMILES string of the molecule is CC/C=C\C/C=C\C/C=C\C/C=C\C/C=C\CCCC(=O)N[C@@H](CS)C(=O)O. The van der Waals surface area contributed by atoms with E-state index in [9.17, 15) is 9.59 Å². The Morgan fingerprint density at radius 1 is 0.857 bits per heavy atom. The normalized spacial score (nSPS) is 13.5. The van der Waals surface area contributed by atoms with Gasteiger partial charge in [0, 0.05) is 12.2 Å². The lowest BCUT2D eigenvalue weighted by atomic mass is 10.2. The Morgan fingerprint density at radius 2 is 1.32 bits per heavy atom. The zero-order valence-corrected chi connectivity index (χ0v) is 17.8. The van der Waals surface area contributed by atoms with Crippen LogP contribution < -0.4 is 5.32 Å². The highest BCUT2D eigenvalue weighted by Gasteiger charge is 2.17. The molecule has 0 spiro atoms. The van der Waals surface area contributed by atoms with E-state index < -0.39 is 12.0 Å². The fraction of sp³-hybridized carbons (Fsp3) is 0.478. The molecule has 0 saturated heterocycles. The second kappa shape index (κ2) is 19.7. The number of carboxylic acids is 1. The van der Waals surface area contributed by atoms with E-state index in [2.05, 4.69) is 85.6 Å². The van der Waals surface area contributed by atoms with E-state index in [4.69, 9.17) is 5.11 Å². The number of carbonyl (C=O) groups is 2. The van der Waals surface area contributed by atoms with Crippen LogP contribution in [0.1, 0.15) is 58.3 Å². The summed E-state index contributed by atoms with van der Waals surface area (Å²) in [7, 11) is 0. The van der Waals surface area contributed by atoms with Crippen LogP contribution in [0, 0.1) is 0 Å². The number of allylic oxidation sites excluding steroid dienone is 10. The van der Waals surface area contributed by atoms with Crippen molar-refractivity contribution in [3.8, 4) is 0 Å². The smallest absolute Gasteiger partial charge is 0.327 e. The molecule has 0 bridgehead atoms. The van der Waals surface area contributed by atoms with Gasteiger partial charge in [0.25, 0.3) is 0 Å². The highest BCUT2D eigenvalue weighted by atomic mass is 32.1. The van der Waals surface area contributed by atoms with E-state index in [1.165, 1.54) is 0 Å². The summed E-state index contributed by atoms with van der Waals surface area (Å²) in [6.07, 6.45) is 28.2. The van der Waals surface area contributed by atoms with Gasteiger partial charge in [0.1, 0.15) is 6.04 Å². The number of thiol groups is 1. The molecule has 2 N–H and O–H groups in total. The Hall–Kier alpha value is -2.01. The van der Waals surface area contributed by atoms with Crippen LogP contribution in [0.5, 0.6) is 0 Å². The number of nitrogens with one attached hydrogen (secondary N) is 1. The second-order valence-corrected chi connectivity index (χ2v) is 6.61. The first-order valence-electron chi connectivity index (χ1n) is 9.99. The standard InChI is InChI=1S/C23H35NO3S/c1-2-3-4-5-6-7-8-9-10-11-12-13-14-15-16-17-18-19-22(25)24-21(20-28)23(26)27/h3-4,6-7,9-10,12-13,15-16,21,28H,2,5,8,11,14,17-20H2,1H3,(H,24,25)(H,26,27)/b4-3-,7-6-,10-9-,13-12-,16-15-/t21-/m0/s1. The monoisotopic (exact) mass is 405 g/mol. The van der Waals surface area contributed by atoms with Crippen molar-refractivity contribution in [1.29, 1.82) is 0 Å². The maximum absolute atomic E-state index is 11.6. The third kappa shape index (κ3) is 17.4. The van der Waals surface area contributed by atoms with Gasteiger partial charge in [0.15, 0.2) is 0 Å². The molecule has 0 aromatic carbocycles. The number of unbranched alkanes of at least 4 members (excludes halogenated alkanes) is 1.